The number of likely N-dealkylation sites (N-methyl/N-ethyl adjacent to an activating group) is 1. The molecule has 13 heteroatoms. The molecule has 0 bridgehead atoms. The average molecular weight is 608 g/mol. The van der Waals surface area contributed by atoms with E-state index in [1.54, 1.807) is 30.3 Å². The van der Waals surface area contributed by atoms with Crippen molar-refractivity contribution in [1.29, 1.82) is 0 Å². The second-order valence-electron chi connectivity index (χ2n) is 11.1. The molecule has 1 fully saturated rings. The zero-order valence-electron chi connectivity index (χ0n) is 23.4. The summed E-state index contributed by atoms with van der Waals surface area (Å²) in [5.41, 5.74) is 3.24. The van der Waals surface area contributed by atoms with Gasteiger partial charge in [0.25, 0.3) is 5.91 Å². The topological polar surface area (TPSA) is 208 Å². The number of carbonyl (C=O) groups excluding carboxylic acids is 3. The highest BCUT2D eigenvalue weighted by Crippen LogP contribution is 2.52. The van der Waals surface area contributed by atoms with Crippen LogP contribution in [0.5, 0.6) is 5.75 Å². The van der Waals surface area contributed by atoms with Gasteiger partial charge < -0.3 is 26.2 Å². The highest BCUT2D eigenvalue weighted by Gasteiger charge is 2.64. The van der Waals surface area contributed by atoms with Crippen LogP contribution in [0.15, 0.2) is 53.3 Å². The third-order valence-electron chi connectivity index (χ3n) is 8.13. The number of ketones is 2. The molecule has 1 amide bonds. The Morgan fingerprint density at radius 1 is 1.07 bits per heavy atom. The highest BCUT2D eigenvalue weighted by molar-refractivity contribution is 7.92. The van der Waals surface area contributed by atoms with Gasteiger partial charge in [0.2, 0.25) is 15.8 Å². The number of hydrogen-bond acceptors (Lipinski definition) is 10. The number of nitrogens with one attached hydrogen (secondary N) is 1. The lowest BCUT2D eigenvalue weighted by Crippen LogP contribution is -2.65. The Balaban J connectivity index is 1.60. The molecule has 2 unspecified atom stereocenters. The number of fused-ring (bicyclic) bond motifs is 3. The molecule has 4 atom stereocenters. The fraction of sp³-hybridized carbons (Fsp3) is 0.300. The van der Waals surface area contributed by atoms with E-state index in [9.17, 15) is 43.2 Å². The summed E-state index contributed by atoms with van der Waals surface area (Å²) in [4.78, 5) is 40.7. The van der Waals surface area contributed by atoms with Crippen molar-refractivity contribution in [2.24, 2.45) is 17.6 Å². The average Bonchev–Trinajstić information content (AvgIpc) is 2.90. The summed E-state index contributed by atoms with van der Waals surface area (Å²) in [5, 5.41) is 44.7. The molecule has 0 spiro atoms. The van der Waals surface area contributed by atoms with E-state index in [2.05, 4.69) is 16.6 Å². The minimum Gasteiger partial charge on any atom is -0.508 e. The molecule has 7 N–H and O–H groups in total. The number of carbonyl (C=O) groups is 3. The molecule has 2 aromatic carbocycles. The Morgan fingerprint density at radius 3 is 2.30 bits per heavy atom. The van der Waals surface area contributed by atoms with Gasteiger partial charge in [0.05, 0.1) is 17.9 Å². The van der Waals surface area contributed by atoms with Crippen molar-refractivity contribution in [2.75, 3.05) is 25.1 Å². The van der Waals surface area contributed by atoms with Crippen LogP contribution in [-0.2, 0) is 30.8 Å². The number of anilines is 1. The van der Waals surface area contributed by atoms with E-state index in [-0.39, 0.29) is 29.7 Å². The summed E-state index contributed by atoms with van der Waals surface area (Å²) in [6.07, 6.45) is 1.10. The molecule has 3 aliphatic rings. The predicted octanol–water partition coefficient (Wildman–Crippen LogP) is 0.735. The van der Waals surface area contributed by atoms with E-state index in [1.165, 1.54) is 25.1 Å². The molecule has 0 saturated heterocycles. The number of aliphatic hydroxyl groups is 3. The molecule has 5 rings (SSSR count). The number of Topliss-reactive ketones (excluding diaryl/α,β-unsaturated/α-hetero) is 2. The number of benzene rings is 2. The zero-order chi connectivity index (χ0) is 31.6. The summed E-state index contributed by atoms with van der Waals surface area (Å²) in [6, 6.07) is 8.01. The summed E-state index contributed by atoms with van der Waals surface area (Å²) in [7, 11) is -0.385. The zero-order valence-corrected chi connectivity index (χ0v) is 24.2. The summed E-state index contributed by atoms with van der Waals surface area (Å²) >= 11 is 0. The van der Waals surface area contributed by atoms with Crippen molar-refractivity contribution >= 4 is 38.9 Å². The second kappa shape index (κ2) is 10.3. The van der Waals surface area contributed by atoms with Gasteiger partial charge in [-0.05, 0) is 74.8 Å². The third kappa shape index (κ3) is 4.83. The number of nitrogens with two attached hydrogens (primary N) is 1. The van der Waals surface area contributed by atoms with E-state index in [4.69, 9.17) is 5.73 Å². The largest absolute Gasteiger partial charge is 0.508 e. The van der Waals surface area contributed by atoms with Gasteiger partial charge >= 0.3 is 0 Å². The molecule has 43 heavy (non-hydrogen) atoms. The van der Waals surface area contributed by atoms with Gasteiger partial charge in [-0.2, -0.15) is 0 Å². The first-order chi connectivity index (χ1) is 20.1. The lowest BCUT2D eigenvalue weighted by Gasteiger charge is -2.50. The van der Waals surface area contributed by atoms with E-state index >= 15 is 0 Å². The van der Waals surface area contributed by atoms with Crippen LogP contribution in [0.1, 0.15) is 28.7 Å². The molecular weight excluding hydrogens is 578 g/mol. The van der Waals surface area contributed by atoms with E-state index in [0.29, 0.717) is 22.4 Å². The SMILES string of the molecule is CN(C)[C@@H]1C(=O)C(C(N)=O)=C(O)[C@@]2(O)C(=O)C3=C(O)c4c(O)ccc(C#Cc5ccc(NS(C)(=O)=O)cc5)c4CC3CC12. The number of nitrogens with zero attached hydrogens (tertiary/aromatic N) is 1. The molecule has 0 aromatic heterocycles. The predicted molar refractivity (Wildman–Crippen MR) is 155 cm³/mol. The first kappa shape index (κ1) is 29.8. The van der Waals surface area contributed by atoms with Crippen LogP contribution in [0.2, 0.25) is 0 Å². The standard InChI is InChI=1S/C30H29N3O9S/c1-33(2)24-19-13-16-12-18-15(7-4-14-5-9-17(10-6-14)32-43(3,41)42)8-11-20(34)22(18)25(35)21(16)27(37)30(19,40)28(38)23(26(24)36)29(31)39/h5-6,8-11,16,19,24,32,34-35,38,40H,12-13H2,1-3H3,(H2,31,39)/t16?,19?,24-,30-/m0/s1. The van der Waals surface area contributed by atoms with Gasteiger partial charge in [0, 0.05) is 28.3 Å². The third-order valence-corrected chi connectivity index (χ3v) is 8.74. The normalized spacial score (nSPS) is 25.0. The molecule has 0 aliphatic heterocycles. The van der Waals surface area contributed by atoms with Crippen molar-refractivity contribution in [2.45, 2.75) is 24.5 Å². The minimum absolute atomic E-state index is 0.0386. The fourth-order valence-electron chi connectivity index (χ4n) is 6.34. The van der Waals surface area contributed by atoms with Crippen LogP contribution in [0, 0.1) is 23.7 Å². The molecule has 0 heterocycles. The van der Waals surface area contributed by atoms with Crippen LogP contribution in [-0.4, -0.2) is 83.2 Å². The lowest BCUT2D eigenvalue weighted by molar-refractivity contribution is -0.153. The number of rotatable bonds is 4. The Hall–Kier alpha value is -4.64. The summed E-state index contributed by atoms with van der Waals surface area (Å²) in [6.45, 7) is 0. The maximum Gasteiger partial charge on any atom is 0.255 e. The summed E-state index contributed by atoms with van der Waals surface area (Å²) < 4.78 is 25.3. The number of aliphatic hydroxyl groups excluding tert-OH is 2. The number of amides is 1. The molecule has 12 nitrogen and oxygen atoms in total. The van der Waals surface area contributed by atoms with Crippen molar-refractivity contribution < 1.29 is 43.2 Å². The number of phenols is 1. The van der Waals surface area contributed by atoms with Gasteiger partial charge in [-0.3, -0.25) is 24.0 Å². The molecule has 1 saturated carbocycles. The maximum absolute atomic E-state index is 13.9. The monoisotopic (exact) mass is 607 g/mol. The van der Waals surface area contributed by atoms with Gasteiger partial charge in [-0.1, -0.05) is 11.8 Å². The highest BCUT2D eigenvalue weighted by atomic mass is 32.2. The first-order valence-corrected chi connectivity index (χ1v) is 15.0. The smallest absolute Gasteiger partial charge is 0.255 e. The Labute approximate surface area is 247 Å². The van der Waals surface area contributed by atoms with E-state index < -0.39 is 68.1 Å². The Kier molecular flexibility index (Phi) is 7.12. The number of aromatic hydroxyl groups is 1. The summed E-state index contributed by atoms with van der Waals surface area (Å²) in [5.74, 6) is -1.25. The van der Waals surface area contributed by atoms with Crippen molar-refractivity contribution in [1.82, 2.24) is 4.90 Å². The Bertz CT molecular complexity index is 1830. The Morgan fingerprint density at radius 2 is 1.72 bits per heavy atom. The first-order valence-electron chi connectivity index (χ1n) is 13.2. The van der Waals surface area contributed by atoms with E-state index in [0.717, 1.165) is 6.26 Å². The van der Waals surface area contributed by atoms with Crippen LogP contribution >= 0.6 is 0 Å². The van der Waals surface area contributed by atoms with Gasteiger partial charge in [-0.25, -0.2) is 8.42 Å². The fourth-order valence-corrected chi connectivity index (χ4v) is 6.90. The van der Waals surface area contributed by atoms with Crippen LogP contribution in [0.4, 0.5) is 5.69 Å². The van der Waals surface area contributed by atoms with Gasteiger partial charge in [0.1, 0.15) is 22.8 Å². The van der Waals surface area contributed by atoms with Crippen LogP contribution in [0.3, 0.4) is 0 Å². The quantitative estimate of drug-likeness (QED) is 0.212. The van der Waals surface area contributed by atoms with Crippen molar-refractivity contribution in [3.8, 4) is 17.6 Å². The maximum atomic E-state index is 13.9. The molecular formula is C30H29N3O9S. The number of primary amides is 1. The van der Waals surface area contributed by atoms with Crippen LogP contribution in [0.25, 0.3) is 5.76 Å². The van der Waals surface area contributed by atoms with Gasteiger partial charge in [-0.15, -0.1) is 0 Å². The molecule has 224 valence electrons. The molecule has 0 radical (unpaired) electrons. The molecule has 3 aliphatic carbocycles. The lowest BCUT2D eigenvalue weighted by atomic mass is 9.57. The van der Waals surface area contributed by atoms with Crippen molar-refractivity contribution in [3.05, 3.63) is 75.6 Å². The number of hydrogen-bond donors (Lipinski definition) is 6. The van der Waals surface area contributed by atoms with Crippen molar-refractivity contribution in [3.63, 3.8) is 0 Å². The second-order valence-corrected chi connectivity index (χ2v) is 12.9. The number of sulfonamides is 1. The van der Waals surface area contributed by atoms with Crippen LogP contribution < -0.4 is 10.5 Å². The van der Waals surface area contributed by atoms with Gasteiger partial charge in [0.15, 0.2) is 11.4 Å². The number of phenolic OH excluding ortho intramolecular Hbond substituents is 1. The van der Waals surface area contributed by atoms with E-state index in [1.807, 2.05) is 0 Å². The minimum atomic E-state index is -3.45. The molecule has 2 aromatic rings.